The predicted octanol–water partition coefficient (Wildman–Crippen LogP) is 4.19. The van der Waals surface area contributed by atoms with Gasteiger partial charge in [-0.2, -0.15) is 0 Å². The van der Waals surface area contributed by atoms with Crippen LogP contribution < -0.4 is 0 Å². The predicted molar refractivity (Wildman–Crippen MR) is 116 cm³/mol. The van der Waals surface area contributed by atoms with Crippen LogP contribution in [0.25, 0.3) is 23.1 Å². The molecule has 3 aromatic rings. The van der Waals surface area contributed by atoms with Gasteiger partial charge < -0.3 is 19.1 Å². The average molecular weight is 407 g/mol. The van der Waals surface area contributed by atoms with Gasteiger partial charge in [0.25, 0.3) is 0 Å². The lowest BCUT2D eigenvalue weighted by Gasteiger charge is -2.06. The minimum Gasteiger partial charge on any atom is -0.508 e. The lowest BCUT2D eigenvalue weighted by molar-refractivity contribution is -0.141. The smallest absolute Gasteiger partial charge is 0.310 e. The van der Waals surface area contributed by atoms with Crippen LogP contribution >= 0.6 is 0 Å². The number of esters is 2. The van der Waals surface area contributed by atoms with Crippen molar-refractivity contribution < 1.29 is 24.2 Å². The Hall–Kier alpha value is -3.54. The molecule has 6 heteroatoms. The van der Waals surface area contributed by atoms with E-state index < -0.39 is 0 Å². The third-order valence-corrected chi connectivity index (χ3v) is 4.94. The number of methoxy groups -OCH3 is 2. The highest BCUT2D eigenvalue weighted by Gasteiger charge is 2.15. The van der Waals surface area contributed by atoms with E-state index >= 15 is 0 Å². The summed E-state index contributed by atoms with van der Waals surface area (Å²) < 4.78 is 11.6. The number of benzene rings is 2. The van der Waals surface area contributed by atoms with Gasteiger partial charge in [-0.25, -0.2) is 0 Å². The maximum Gasteiger partial charge on any atom is 0.310 e. The van der Waals surface area contributed by atoms with Crippen LogP contribution in [0.3, 0.4) is 0 Å². The Morgan fingerprint density at radius 3 is 2.43 bits per heavy atom. The Morgan fingerprint density at radius 2 is 1.73 bits per heavy atom. The summed E-state index contributed by atoms with van der Waals surface area (Å²) in [7, 11) is 2.76. The van der Waals surface area contributed by atoms with Gasteiger partial charge >= 0.3 is 11.9 Å². The van der Waals surface area contributed by atoms with E-state index in [2.05, 4.69) is 4.57 Å². The van der Waals surface area contributed by atoms with Crippen LogP contribution in [0.5, 0.6) is 5.75 Å². The zero-order chi connectivity index (χ0) is 21.5. The Bertz CT molecular complexity index is 1060. The number of fused-ring (bicyclic) bond motifs is 1. The molecule has 0 bridgehead atoms. The third-order valence-electron chi connectivity index (χ3n) is 4.94. The van der Waals surface area contributed by atoms with Gasteiger partial charge in [-0.1, -0.05) is 36.4 Å². The average Bonchev–Trinajstić information content (AvgIpc) is 3.11. The molecule has 0 amide bonds. The first-order chi connectivity index (χ1) is 14.5. The molecule has 156 valence electrons. The number of carbonyl (C=O) groups excluding carboxylic acids is 2. The topological polar surface area (TPSA) is 77.8 Å². The van der Waals surface area contributed by atoms with Crippen molar-refractivity contribution in [2.75, 3.05) is 14.2 Å². The molecule has 0 aliphatic heterocycles. The first-order valence-corrected chi connectivity index (χ1v) is 9.73. The highest BCUT2D eigenvalue weighted by molar-refractivity contribution is 5.96. The number of carbonyl (C=O) groups is 2. The number of nitrogens with zero attached hydrogens (tertiary/aromatic N) is 1. The van der Waals surface area contributed by atoms with Gasteiger partial charge in [0, 0.05) is 30.1 Å². The molecule has 1 N–H and O–H groups in total. The first kappa shape index (κ1) is 21.2. The molecule has 0 aliphatic rings. The second kappa shape index (κ2) is 9.78. The fraction of sp³-hybridized carbons (Fsp3) is 0.250. The van der Waals surface area contributed by atoms with Crippen molar-refractivity contribution in [2.45, 2.75) is 25.8 Å². The molecule has 2 aromatic carbocycles. The molecule has 0 saturated heterocycles. The summed E-state index contributed by atoms with van der Waals surface area (Å²) >= 11 is 0. The highest BCUT2D eigenvalue weighted by Crippen LogP contribution is 2.28. The lowest BCUT2D eigenvalue weighted by atomic mass is 10.0. The van der Waals surface area contributed by atoms with Gasteiger partial charge in [-0.15, -0.1) is 0 Å². The Kier molecular flexibility index (Phi) is 6.91. The van der Waals surface area contributed by atoms with Gasteiger partial charge in [0.05, 0.1) is 20.6 Å². The first-order valence-electron chi connectivity index (χ1n) is 9.73. The van der Waals surface area contributed by atoms with E-state index in [0.717, 1.165) is 27.6 Å². The minimum absolute atomic E-state index is 0.168. The van der Waals surface area contributed by atoms with Crippen molar-refractivity contribution in [3.63, 3.8) is 0 Å². The summed E-state index contributed by atoms with van der Waals surface area (Å²) in [5.74, 6) is -0.321. The van der Waals surface area contributed by atoms with Gasteiger partial charge in [0.1, 0.15) is 5.75 Å². The van der Waals surface area contributed by atoms with Gasteiger partial charge in [0.15, 0.2) is 0 Å². The van der Waals surface area contributed by atoms with Crippen molar-refractivity contribution >= 4 is 35.0 Å². The Balaban J connectivity index is 1.97. The molecule has 0 unspecified atom stereocenters. The van der Waals surface area contributed by atoms with Gasteiger partial charge in [-0.05, 0) is 41.3 Å². The third kappa shape index (κ3) is 5.08. The van der Waals surface area contributed by atoms with Crippen molar-refractivity contribution in [3.05, 3.63) is 65.4 Å². The van der Waals surface area contributed by atoms with E-state index in [9.17, 15) is 14.7 Å². The lowest BCUT2D eigenvalue weighted by Crippen LogP contribution is -2.05. The number of aryl methyl sites for hydroxylation is 1. The van der Waals surface area contributed by atoms with Crippen molar-refractivity contribution in [3.8, 4) is 5.75 Å². The van der Waals surface area contributed by atoms with Crippen LogP contribution in [0.2, 0.25) is 0 Å². The van der Waals surface area contributed by atoms with Gasteiger partial charge in [-0.3, -0.25) is 9.59 Å². The number of phenols is 1. The van der Waals surface area contributed by atoms with Crippen LogP contribution in [-0.2, 0) is 32.0 Å². The number of aromatic hydroxyl groups is 1. The normalized spacial score (nSPS) is 11.1. The number of rotatable bonds is 8. The highest BCUT2D eigenvalue weighted by atomic mass is 16.5. The quantitative estimate of drug-likeness (QED) is 0.448. The molecular formula is C24H25NO5. The molecular weight excluding hydrogens is 382 g/mol. The second-order valence-corrected chi connectivity index (χ2v) is 6.95. The summed E-state index contributed by atoms with van der Waals surface area (Å²) in [6, 6.07) is 12.9. The monoisotopic (exact) mass is 407 g/mol. The van der Waals surface area contributed by atoms with Crippen LogP contribution in [-0.4, -0.2) is 35.8 Å². The van der Waals surface area contributed by atoms with Crippen molar-refractivity contribution in [1.82, 2.24) is 4.57 Å². The van der Waals surface area contributed by atoms with Crippen LogP contribution in [0.4, 0.5) is 0 Å². The summed E-state index contributed by atoms with van der Waals surface area (Å²) in [5.41, 5.74) is 3.80. The number of phenolic OH excluding ortho intramolecular Hbond substituents is 1. The van der Waals surface area contributed by atoms with E-state index in [-0.39, 0.29) is 24.1 Å². The maximum atomic E-state index is 12.0. The van der Waals surface area contributed by atoms with E-state index in [0.29, 0.717) is 19.4 Å². The molecule has 0 aliphatic carbocycles. The fourth-order valence-electron chi connectivity index (χ4n) is 3.42. The SMILES string of the molecule is COC(=O)CCCn1cc(CC(=O)OC)c2c(C=Cc3ccc(O)cc3)cccc21. The molecule has 0 atom stereocenters. The molecule has 6 nitrogen and oxygen atoms in total. The minimum atomic E-state index is -0.305. The summed E-state index contributed by atoms with van der Waals surface area (Å²) in [4.78, 5) is 23.4. The molecule has 0 fully saturated rings. The summed E-state index contributed by atoms with van der Waals surface area (Å²) in [5, 5.41) is 10.4. The molecule has 30 heavy (non-hydrogen) atoms. The zero-order valence-corrected chi connectivity index (χ0v) is 17.1. The van der Waals surface area contributed by atoms with Crippen molar-refractivity contribution in [1.29, 1.82) is 0 Å². The molecule has 0 spiro atoms. The van der Waals surface area contributed by atoms with E-state index in [1.165, 1.54) is 14.2 Å². The van der Waals surface area contributed by atoms with E-state index in [4.69, 9.17) is 9.47 Å². The maximum absolute atomic E-state index is 12.0. The van der Waals surface area contributed by atoms with Crippen molar-refractivity contribution in [2.24, 2.45) is 0 Å². The van der Waals surface area contributed by atoms with E-state index in [1.54, 1.807) is 12.1 Å². The molecule has 1 heterocycles. The number of ether oxygens (including phenoxy) is 2. The largest absolute Gasteiger partial charge is 0.508 e. The van der Waals surface area contributed by atoms with Crippen LogP contribution in [0.15, 0.2) is 48.7 Å². The Labute approximate surface area is 175 Å². The zero-order valence-electron chi connectivity index (χ0n) is 17.1. The molecule has 0 saturated carbocycles. The second-order valence-electron chi connectivity index (χ2n) is 6.95. The number of aromatic nitrogens is 1. The molecule has 1 aromatic heterocycles. The number of hydrogen-bond acceptors (Lipinski definition) is 5. The molecule has 0 radical (unpaired) electrons. The van der Waals surface area contributed by atoms with Gasteiger partial charge in [0.2, 0.25) is 0 Å². The Morgan fingerprint density at radius 1 is 1.00 bits per heavy atom. The summed E-state index contributed by atoms with van der Waals surface area (Å²) in [6.07, 6.45) is 7.06. The number of hydrogen-bond donors (Lipinski definition) is 1. The fourth-order valence-corrected chi connectivity index (χ4v) is 3.42. The van der Waals surface area contributed by atoms with Crippen LogP contribution in [0.1, 0.15) is 29.5 Å². The van der Waals surface area contributed by atoms with Crippen LogP contribution in [0, 0.1) is 0 Å². The molecule has 3 rings (SSSR count). The standard InChI is InChI=1S/C24H25NO5/c1-29-22(27)7-4-14-25-16-19(15-23(28)30-2)24-18(5-3-6-21(24)25)11-8-17-9-12-20(26)13-10-17/h3,5-6,8-13,16,26H,4,7,14-15H2,1-2H3. The van der Waals surface area contributed by atoms with E-state index in [1.807, 2.05) is 48.7 Å². The summed E-state index contributed by atoms with van der Waals surface area (Å²) in [6.45, 7) is 0.637.